The minimum atomic E-state index is -4.58. The number of allylic oxidation sites excluding steroid dienone is 1. The fourth-order valence-electron chi connectivity index (χ4n) is 1.45. The number of tetrazole rings is 1. The first-order valence-electron chi connectivity index (χ1n) is 5.39. The number of alkyl halides is 3. The van der Waals surface area contributed by atoms with Crippen LogP contribution in [-0.2, 0) is 6.18 Å². The summed E-state index contributed by atoms with van der Waals surface area (Å²) >= 11 is 5.57. The van der Waals surface area contributed by atoms with Crippen molar-refractivity contribution in [3.8, 4) is 6.07 Å². The Labute approximate surface area is 121 Å². The molecule has 0 spiro atoms. The molecule has 0 aliphatic rings. The van der Waals surface area contributed by atoms with Crippen LogP contribution < -0.4 is 5.32 Å². The second kappa shape index (κ2) is 5.80. The topological polar surface area (TPSA) is 90.3 Å². The molecule has 0 unspecified atom stereocenters. The summed E-state index contributed by atoms with van der Waals surface area (Å²) in [4.78, 5) is 0. The highest BCUT2D eigenvalue weighted by molar-refractivity contribution is 6.30. The molecule has 0 aliphatic heterocycles. The molecule has 10 heteroatoms. The third kappa shape index (κ3) is 3.49. The molecule has 0 aliphatic carbocycles. The molecule has 0 bridgehead atoms. The quantitative estimate of drug-likeness (QED) is 0.850. The van der Waals surface area contributed by atoms with Crippen LogP contribution in [0.4, 0.5) is 18.9 Å². The van der Waals surface area contributed by atoms with Gasteiger partial charge < -0.3 is 5.32 Å². The lowest BCUT2D eigenvalue weighted by Crippen LogP contribution is -2.08. The normalized spacial score (nSPS) is 12.0. The van der Waals surface area contributed by atoms with E-state index in [-0.39, 0.29) is 22.1 Å². The Bertz CT molecular complexity index is 702. The highest BCUT2D eigenvalue weighted by atomic mass is 35.5. The molecule has 2 aromatic rings. The average Bonchev–Trinajstić information content (AvgIpc) is 2.94. The zero-order valence-electron chi connectivity index (χ0n) is 10.1. The lowest BCUT2D eigenvalue weighted by Gasteiger charge is -2.13. The molecule has 2 rings (SSSR count). The lowest BCUT2D eigenvalue weighted by molar-refractivity contribution is -0.136. The van der Waals surface area contributed by atoms with Gasteiger partial charge in [0.05, 0.1) is 11.3 Å². The maximum Gasteiger partial charge on any atom is 0.418 e. The molecular weight excluding hydrogens is 309 g/mol. The number of nitrogens with zero attached hydrogens (tertiary/aromatic N) is 4. The third-order valence-electron chi connectivity index (χ3n) is 2.37. The molecule has 6 nitrogen and oxygen atoms in total. The molecule has 2 N–H and O–H groups in total. The van der Waals surface area contributed by atoms with Crippen molar-refractivity contribution in [1.29, 1.82) is 5.26 Å². The zero-order chi connectivity index (χ0) is 15.5. The van der Waals surface area contributed by atoms with Crippen molar-refractivity contribution in [3.63, 3.8) is 0 Å². The van der Waals surface area contributed by atoms with Crippen molar-refractivity contribution < 1.29 is 13.2 Å². The maximum absolute atomic E-state index is 12.9. The Hall–Kier alpha value is -2.60. The van der Waals surface area contributed by atoms with Crippen LogP contribution in [0.15, 0.2) is 24.4 Å². The van der Waals surface area contributed by atoms with Gasteiger partial charge in [0.25, 0.3) is 0 Å². The van der Waals surface area contributed by atoms with E-state index in [0.717, 1.165) is 18.3 Å². The number of hydrogen-bond acceptors (Lipinski definition) is 5. The summed E-state index contributed by atoms with van der Waals surface area (Å²) in [5.41, 5.74) is -1.27. The minimum Gasteiger partial charge on any atom is -0.360 e. The molecule has 0 fully saturated rings. The van der Waals surface area contributed by atoms with Crippen LogP contribution in [0, 0.1) is 11.3 Å². The van der Waals surface area contributed by atoms with E-state index in [1.165, 1.54) is 6.07 Å². The van der Waals surface area contributed by atoms with Crippen molar-refractivity contribution in [2.45, 2.75) is 6.18 Å². The number of aromatic nitrogens is 4. The third-order valence-corrected chi connectivity index (χ3v) is 2.60. The van der Waals surface area contributed by atoms with E-state index in [9.17, 15) is 13.2 Å². The number of halogens is 4. The van der Waals surface area contributed by atoms with Gasteiger partial charge in [-0.05, 0) is 23.4 Å². The van der Waals surface area contributed by atoms with Gasteiger partial charge in [0.1, 0.15) is 11.6 Å². The van der Waals surface area contributed by atoms with Crippen LogP contribution in [0.2, 0.25) is 5.02 Å². The van der Waals surface area contributed by atoms with E-state index < -0.39 is 11.7 Å². The molecule has 0 radical (unpaired) electrons. The van der Waals surface area contributed by atoms with E-state index in [1.54, 1.807) is 6.07 Å². The Kier molecular flexibility index (Phi) is 4.09. The molecule has 0 amide bonds. The van der Waals surface area contributed by atoms with Crippen LogP contribution in [0.1, 0.15) is 11.4 Å². The number of rotatable bonds is 3. The van der Waals surface area contributed by atoms with Gasteiger partial charge in [0.15, 0.2) is 0 Å². The van der Waals surface area contributed by atoms with Gasteiger partial charge in [0.2, 0.25) is 5.82 Å². The van der Waals surface area contributed by atoms with E-state index in [2.05, 4.69) is 25.9 Å². The molecule has 1 heterocycles. The standard InChI is InChI=1S/C11H6ClF3N6/c12-7-1-2-9(8(3-7)11(13,14)15)17-5-6(4-16)10-18-20-21-19-10/h1-3,5,17H,(H,18,19,20,21). The fourth-order valence-corrected chi connectivity index (χ4v) is 1.62. The molecule has 21 heavy (non-hydrogen) atoms. The summed E-state index contributed by atoms with van der Waals surface area (Å²) in [5.74, 6) is -0.0347. The molecule has 0 atom stereocenters. The second-order valence-electron chi connectivity index (χ2n) is 3.74. The zero-order valence-corrected chi connectivity index (χ0v) is 10.9. The van der Waals surface area contributed by atoms with Gasteiger partial charge in [0, 0.05) is 11.2 Å². The van der Waals surface area contributed by atoms with Gasteiger partial charge in [-0.2, -0.15) is 23.6 Å². The van der Waals surface area contributed by atoms with Gasteiger partial charge in [-0.1, -0.05) is 11.6 Å². The second-order valence-corrected chi connectivity index (χ2v) is 4.17. The molecule has 1 aromatic carbocycles. The Morgan fingerprint density at radius 1 is 1.43 bits per heavy atom. The molecular formula is C11H6ClF3N6. The summed E-state index contributed by atoms with van der Waals surface area (Å²) in [6.07, 6.45) is -3.52. The SMILES string of the molecule is N#CC(=CNc1ccc(Cl)cc1C(F)(F)F)c1nn[nH]n1. The number of hydrogen-bond donors (Lipinski definition) is 2. The Balaban J connectivity index is 2.34. The largest absolute Gasteiger partial charge is 0.418 e. The number of benzene rings is 1. The average molecular weight is 315 g/mol. The van der Waals surface area contributed by atoms with Crippen molar-refractivity contribution >= 4 is 22.9 Å². The summed E-state index contributed by atoms with van der Waals surface area (Å²) in [5, 5.41) is 23.8. The number of nitriles is 1. The van der Waals surface area contributed by atoms with Crippen LogP contribution >= 0.6 is 11.6 Å². The van der Waals surface area contributed by atoms with E-state index in [1.807, 2.05) is 0 Å². The predicted octanol–water partition coefficient (Wildman–Crippen LogP) is 2.85. The molecule has 0 saturated heterocycles. The van der Waals surface area contributed by atoms with E-state index in [4.69, 9.17) is 16.9 Å². The lowest BCUT2D eigenvalue weighted by atomic mass is 10.1. The van der Waals surface area contributed by atoms with Gasteiger partial charge in [-0.15, -0.1) is 10.2 Å². The summed E-state index contributed by atoms with van der Waals surface area (Å²) in [7, 11) is 0. The minimum absolute atomic E-state index is 0.0347. The van der Waals surface area contributed by atoms with Gasteiger partial charge in [-0.3, -0.25) is 0 Å². The number of H-pyrrole nitrogens is 1. The highest BCUT2D eigenvalue weighted by Crippen LogP contribution is 2.36. The number of nitrogens with one attached hydrogen (secondary N) is 2. The smallest absolute Gasteiger partial charge is 0.360 e. The summed E-state index contributed by atoms with van der Waals surface area (Å²) < 4.78 is 38.7. The monoisotopic (exact) mass is 314 g/mol. The Morgan fingerprint density at radius 2 is 2.19 bits per heavy atom. The molecule has 0 saturated carbocycles. The summed E-state index contributed by atoms with van der Waals surface area (Å²) in [6, 6.07) is 5.00. The van der Waals surface area contributed by atoms with Gasteiger partial charge in [-0.25, -0.2) is 0 Å². The van der Waals surface area contributed by atoms with Crippen LogP contribution in [0.25, 0.3) is 5.57 Å². The first kappa shape index (κ1) is 14.8. The Morgan fingerprint density at radius 3 is 2.76 bits per heavy atom. The summed E-state index contributed by atoms with van der Waals surface area (Å²) in [6.45, 7) is 0. The predicted molar refractivity (Wildman–Crippen MR) is 67.8 cm³/mol. The maximum atomic E-state index is 12.9. The van der Waals surface area contributed by atoms with Crippen LogP contribution in [-0.4, -0.2) is 20.6 Å². The van der Waals surface area contributed by atoms with Crippen molar-refractivity contribution in [2.75, 3.05) is 5.32 Å². The number of anilines is 1. The first-order valence-corrected chi connectivity index (χ1v) is 5.77. The van der Waals surface area contributed by atoms with Gasteiger partial charge >= 0.3 is 6.18 Å². The molecule has 1 aromatic heterocycles. The fraction of sp³-hybridized carbons (Fsp3) is 0.0909. The highest BCUT2D eigenvalue weighted by Gasteiger charge is 2.33. The van der Waals surface area contributed by atoms with E-state index in [0.29, 0.717) is 0 Å². The van der Waals surface area contributed by atoms with Crippen LogP contribution in [0.3, 0.4) is 0 Å². The first-order chi connectivity index (χ1) is 9.91. The van der Waals surface area contributed by atoms with Crippen molar-refractivity contribution in [2.24, 2.45) is 0 Å². The molecule has 108 valence electrons. The van der Waals surface area contributed by atoms with Crippen molar-refractivity contribution in [1.82, 2.24) is 20.6 Å². The van der Waals surface area contributed by atoms with Crippen LogP contribution in [0.5, 0.6) is 0 Å². The van der Waals surface area contributed by atoms with Crippen molar-refractivity contribution in [3.05, 3.63) is 40.8 Å². The van der Waals surface area contributed by atoms with E-state index >= 15 is 0 Å². The number of aromatic amines is 1.